The number of amides is 1. The Morgan fingerprint density at radius 3 is 2.89 bits per heavy atom. The standard InChI is InChI=1S/C14H18Cl2N2O/c15-10-4-6-13(12(16)9-10)18-14(19)7-5-11-3-1-2-8-17-11/h4,6,9,11,17H,1-3,5,7-8H2,(H,18,19). The Hall–Kier alpha value is -0.770. The molecule has 0 spiro atoms. The molecule has 1 unspecified atom stereocenters. The van der Waals surface area contributed by atoms with E-state index in [1.807, 2.05) is 0 Å². The van der Waals surface area contributed by atoms with Crippen molar-refractivity contribution in [3.63, 3.8) is 0 Å². The van der Waals surface area contributed by atoms with Gasteiger partial charge in [-0.15, -0.1) is 0 Å². The number of carbonyl (C=O) groups excluding carboxylic acids is 1. The fourth-order valence-electron chi connectivity index (χ4n) is 2.28. The molecule has 2 rings (SSSR count). The Labute approximate surface area is 123 Å². The van der Waals surface area contributed by atoms with E-state index in [4.69, 9.17) is 23.2 Å². The number of carbonyl (C=O) groups is 1. The van der Waals surface area contributed by atoms with Crippen LogP contribution in [-0.2, 0) is 4.79 Å². The van der Waals surface area contributed by atoms with E-state index in [2.05, 4.69) is 10.6 Å². The van der Waals surface area contributed by atoms with Crippen molar-refractivity contribution >= 4 is 34.8 Å². The molecule has 0 radical (unpaired) electrons. The van der Waals surface area contributed by atoms with Crippen LogP contribution in [0.4, 0.5) is 5.69 Å². The van der Waals surface area contributed by atoms with E-state index in [1.54, 1.807) is 18.2 Å². The zero-order valence-electron chi connectivity index (χ0n) is 10.7. The SMILES string of the molecule is O=C(CCC1CCCCN1)Nc1ccc(Cl)cc1Cl. The molecule has 1 atom stereocenters. The van der Waals surface area contributed by atoms with Crippen molar-refractivity contribution in [3.8, 4) is 0 Å². The predicted octanol–water partition coefficient (Wildman–Crippen LogP) is 3.85. The lowest BCUT2D eigenvalue weighted by Crippen LogP contribution is -2.34. The van der Waals surface area contributed by atoms with Crippen LogP contribution in [0.5, 0.6) is 0 Å². The van der Waals surface area contributed by atoms with Crippen molar-refractivity contribution in [1.29, 1.82) is 0 Å². The number of hydrogen-bond donors (Lipinski definition) is 2. The van der Waals surface area contributed by atoms with E-state index in [1.165, 1.54) is 12.8 Å². The number of nitrogens with one attached hydrogen (secondary N) is 2. The van der Waals surface area contributed by atoms with Gasteiger partial charge in [0.2, 0.25) is 5.91 Å². The van der Waals surface area contributed by atoms with E-state index < -0.39 is 0 Å². The summed E-state index contributed by atoms with van der Waals surface area (Å²) in [5, 5.41) is 7.29. The van der Waals surface area contributed by atoms with Crippen LogP contribution in [0.2, 0.25) is 10.0 Å². The first-order chi connectivity index (χ1) is 9.15. The molecule has 1 fully saturated rings. The molecular formula is C14H18Cl2N2O. The number of anilines is 1. The number of halogens is 2. The molecule has 19 heavy (non-hydrogen) atoms. The van der Waals surface area contributed by atoms with Crippen LogP contribution in [0.25, 0.3) is 0 Å². The average Bonchev–Trinajstić information content (AvgIpc) is 2.41. The summed E-state index contributed by atoms with van der Waals surface area (Å²) >= 11 is 11.8. The van der Waals surface area contributed by atoms with E-state index >= 15 is 0 Å². The highest BCUT2D eigenvalue weighted by molar-refractivity contribution is 6.36. The Balaban J connectivity index is 1.80. The minimum absolute atomic E-state index is 0.00315. The molecule has 1 aromatic carbocycles. The predicted molar refractivity (Wildman–Crippen MR) is 80.0 cm³/mol. The monoisotopic (exact) mass is 300 g/mol. The summed E-state index contributed by atoms with van der Waals surface area (Å²) in [6, 6.07) is 5.54. The molecule has 1 aromatic rings. The number of hydrogen-bond acceptors (Lipinski definition) is 2. The van der Waals surface area contributed by atoms with Crippen LogP contribution in [0.1, 0.15) is 32.1 Å². The zero-order chi connectivity index (χ0) is 13.7. The summed E-state index contributed by atoms with van der Waals surface area (Å²) in [4.78, 5) is 11.9. The third kappa shape index (κ3) is 4.68. The van der Waals surface area contributed by atoms with Gasteiger partial charge in [-0.1, -0.05) is 29.6 Å². The largest absolute Gasteiger partial charge is 0.325 e. The summed E-state index contributed by atoms with van der Waals surface area (Å²) in [6.45, 7) is 1.06. The summed E-state index contributed by atoms with van der Waals surface area (Å²) in [5.74, 6) is -0.00315. The van der Waals surface area contributed by atoms with Crippen molar-refractivity contribution in [2.45, 2.75) is 38.1 Å². The van der Waals surface area contributed by atoms with Crippen LogP contribution < -0.4 is 10.6 Å². The molecule has 0 saturated carbocycles. The summed E-state index contributed by atoms with van der Waals surface area (Å²) in [6.07, 6.45) is 5.04. The van der Waals surface area contributed by atoms with Gasteiger partial charge in [0, 0.05) is 17.5 Å². The van der Waals surface area contributed by atoms with Crippen molar-refractivity contribution in [2.24, 2.45) is 0 Å². The molecular weight excluding hydrogens is 283 g/mol. The molecule has 2 N–H and O–H groups in total. The van der Waals surface area contributed by atoms with Gasteiger partial charge in [0.1, 0.15) is 0 Å². The van der Waals surface area contributed by atoms with Crippen molar-refractivity contribution in [3.05, 3.63) is 28.2 Å². The second kappa shape index (κ2) is 7.13. The minimum atomic E-state index is -0.00315. The number of piperidine rings is 1. The second-order valence-electron chi connectivity index (χ2n) is 4.86. The van der Waals surface area contributed by atoms with Gasteiger partial charge in [-0.2, -0.15) is 0 Å². The van der Waals surface area contributed by atoms with E-state index in [-0.39, 0.29) is 5.91 Å². The maximum Gasteiger partial charge on any atom is 0.224 e. The third-order valence-corrected chi connectivity index (χ3v) is 3.89. The molecule has 0 aromatic heterocycles. The van der Waals surface area contributed by atoms with Gasteiger partial charge in [0.05, 0.1) is 10.7 Å². The van der Waals surface area contributed by atoms with Gasteiger partial charge in [-0.05, 0) is 44.0 Å². The van der Waals surface area contributed by atoms with Gasteiger partial charge >= 0.3 is 0 Å². The van der Waals surface area contributed by atoms with E-state index in [9.17, 15) is 4.79 Å². The van der Waals surface area contributed by atoms with Gasteiger partial charge in [0.15, 0.2) is 0 Å². The molecule has 1 aliphatic rings. The first-order valence-corrected chi connectivity index (χ1v) is 7.39. The number of benzene rings is 1. The van der Waals surface area contributed by atoms with Crippen LogP contribution >= 0.6 is 23.2 Å². The maximum atomic E-state index is 11.9. The Morgan fingerprint density at radius 2 is 2.21 bits per heavy atom. The summed E-state index contributed by atoms with van der Waals surface area (Å²) < 4.78 is 0. The molecule has 3 nitrogen and oxygen atoms in total. The van der Waals surface area contributed by atoms with Gasteiger partial charge in [0.25, 0.3) is 0 Å². The molecule has 1 aliphatic heterocycles. The quantitative estimate of drug-likeness (QED) is 0.886. The average molecular weight is 301 g/mol. The molecule has 1 heterocycles. The highest BCUT2D eigenvalue weighted by atomic mass is 35.5. The maximum absolute atomic E-state index is 11.9. The molecule has 5 heteroatoms. The molecule has 1 saturated heterocycles. The van der Waals surface area contributed by atoms with Crippen LogP contribution in [0.3, 0.4) is 0 Å². The Bertz CT molecular complexity index is 445. The highest BCUT2D eigenvalue weighted by Gasteiger charge is 2.14. The number of rotatable bonds is 4. The Morgan fingerprint density at radius 1 is 1.37 bits per heavy atom. The highest BCUT2D eigenvalue weighted by Crippen LogP contribution is 2.25. The summed E-state index contributed by atoms with van der Waals surface area (Å²) in [5.41, 5.74) is 0.618. The van der Waals surface area contributed by atoms with Crippen LogP contribution in [0.15, 0.2) is 18.2 Å². The molecule has 0 aliphatic carbocycles. The normalized spacial score (nSPS) is 19.2. The third-order valence-electron chi connectivity index (χ3n) is 3.34. The molecule has 104 valence electrons. The lowest BCUT2D eigenvalue weighted by Gasteiger charge is -2.23. The van der Waals surface area contributed by atoms with Crippen LogP contribution in [-0.4, -0.2) is 18.5 Å². The van der Waals surface area contributed by atoms with Gasteiger partial charge in [-0.3, -0.25) is 4.79 Å². The van der Waals surface area contributed by atoms with Crippen molar-refractivity contribution in [1.82, 2.24) is 5.32 Å². The lowest BCUT2D eigenvalue weighted by atomic mass is 10.0. The smallest absolute Gasteiger partial charge is 0.224 e. The van der Waals surface area contributed by atoms with Gasteiger partial charge < -0.3 is 10.6 Å². The van der Waals surface area contributed by atoms with E-state index in [0.717, 1.165) is 19.4 Å². The first-order valence-electron chi connectivity index (χ1n) is 6.63. The van der Waals surface area contributed by atoms with Crippen LogP contribution in [0, 0.1) is 0 Å². The fraction of sp³-hybridized carbons (Fsp3) is 0.500. The fourth-order valence-corrected chi connectivity index (χ4v) is 2.74. The van der Waals surface area contributed by atoms with Crippen molar-refractivity contribution in [2.75, 3.05) is 11.9 Å². The molecule has 1 amide bonds. The zero-order valence-corrected chi connectivity index (χ0v) is 12.2. The van der Waals surface area contributed by atoms with Crippen molar-refractivity contribution < 1.29 is 4.79 Å². The van der Waals surface area contributed by atoms with E-state index in [0.29, 0.717) is 28.2 Å². The Kier molecular flexibility index (Phi) is 5.49. The summed E-state index contributed by atoms with van der Waals surface area (Å²) in [7, 11) is 0. The van der Waals surface area contributed by atoms with Gasteiger partial charge in [-0.25, -0.2) is 0 Å². The minimum Gasteiger partial charge on any atom is -0.325 e. The molecule has 0 bridgehead atoms. The topological polar surface area (TPSA) is 41.1 Å². The lowest BCUT2D eigenvalue weighted by molar-refractivity contribution is -0.116. The second-order valence-corrected chi connectivity index (χ2v) is 5.70. The first kappa shape index (κ1) is 14.6.